The second-order valence-corrected chi connectivity index (χ2v) is 7.74. The van der Waals surface area contributed by atoms with Crippen LogP contribution >= 0.6 is 15.9 Å². The molecule has 10 heteroatoms. The second-order valence-electron chi connectivity index (χ2n) is 6.89. The molecule has 0 amide bonds. The third-order valence-corrected chi connectivity index (χ3v) is 5.56. The van der Waals surface area contributed by atoms with Gasteiger partial charge in [0.25, 0.3) is 0 Å². The predicted molar refractivity (Wildman–Crippen MR) is 111 cm³/mol. The molecule has 1 atom stereocenters. The maximum atomic E-state index is 9.45. The van der Waals surface area contributed by atoms with Gasteiger partial charge < -0.3 is 21.1 Å². The van der Waals surface area contributed by atoms with Crippen LogP contribution in [-0.4, -0.2) is 48.9 Å². The molecule has 28 heavy (non-hydrogen) atoms. The highest BCUT2D eigenvalue weighted by atomic mass is 79.9. The van der Waals surface area contributed by atoms with E-state index in [-0.39, 0.29) is 12.6 Å². The van der Waals surface area contributed by atoms with Gasteiger partial charge in [0.15, 0.2) is 5.65 Å². The van der Waals surface area contributed by atoms with Crippen molar-refractivity contribution < 1.29 is 5.11 Å². The van der Waals surface area contributed by atoms with Crippen LogP contribution < -0.4 is 16.0 Å². The summed E-state index contributed by atoms with van der Waals surface area (Å²) in [6, 6.07) is 2.31. The first kappa shape index (κ1) is 18.9. The average Bonchev–Trinajstić information content (AvgIpc) is 3.09. The van der Waals surface area contributed by atoms with E-state index in [4.69, 9.17) is 10.7 Å². The number of aliphatic hydroxyl groups is 1. The van der Waals surface area contributed by atoms with E-state index >= 15 is 0 Å². The molecule has 3 aromatic rings. The monoisotopic (exact) mass is 446 g/mol. The maximum absolute atomic E-state index is 9.45. The van der Waals surface area contributed by atoms with Gasteiger partial charge in [-0.1, -0.05) is 0 Å². The lowest BCUT2D eigenvalue weighted by atomic mass is 9.99. The SMILES string of the molecule is Nc1ncc(CNc2cc(N3CCCCC3CCO)nc3c(Br)cnn23)cn1. The molecule has 0 aliphatic carbocycles. The van der Waals surface area contributed by atoms with Crippen molar-refractivity contribution >= 4 is 39.2 Å². The van der Waals surface area contributed by atoms with Crippen LogP contribution in [0.3, 0.4) is 0 Å². The summed E-state index contributed by atoms with van der Waals surface area (Å²) < 4.78 is 2.61. The number of anilines is 3. The molecule has 1 aliphatic rings. The van der Waals surface area contributed by atoms with Crippen LogP contribution in [0.25, 0.3) is 5.65 Å². The van der Waals surface area contributed by atoms with Gasteiger partial charge in [-0.15, -0.1) is 0 Å². The first-order valence-electron chi connectivity index (χ1n) is 9.38. The summed E-state index contributed by atoms with van der Waals surface area (Å²) in [6.45, 7) is 1.66. The lowest BCUT2D eigenvalue weighted by molar-refractivity contribution is 0.262. The standard InChI is InChI=1S/C18H23BrN8O/c19-14-11-24-27-15(21-8-12-9-22-18(20)23-10-12)7-16(25-17(14)27)26-5-2-1-3-13(26)4-6-28/h7,9-11,13,21,28H,1-6,8H2,(H2,20,22,23). The topological polar surface area (TPSA) is 117 Å². The molecule has 1 unspecified atom stereocenters. The van der Waals surface area contributed by atoms with Crippen LogP contribution in [0.2, 0.25) is 0 Å². The molecule has 1 aliphatic heterocycles. The van der Waals surface area contributed by atoms with Crippen molar-refractivity contribution in [2.45, 2.75) is 38.3 Å². The van der Waals surface area contributed by atoms with Crippen molar-refractivity contribution in [3.05, 3.63) is 34.7 Å². The number of nitrogens with two attached hydrogens (primary N) is 1. The number of nitrogens with one attached hydrogen (secondary N) is 1. The molecule has 1 fully saturated rings. The quantitative estimate of drug-likeness (QED) is 0.527. The molecule has 1 saturated heterocycles. The minimum absolute atomic E-state index is 0.183. The number of nitrogen functional groups attached to an aromatic ring is 1. The Labute approximate surface area is 171 Å². The predicted octanol–water partition coefficient (Wildman–Crippen LogP) is 2.22. The van der Waals surface area contributed by atoms with Gasteiger partial charge in [-0.3, -0.25) is 0 Å². The molecule has 4 rings (SSSR count). The summed E-state index contributed by atoms with van der Waals surface area (Å²) >= 11 is 3.54. The summed E-state index contributed by atoms with van der Waals surface area (Å²) in [7, 11) is 0. The number of nitrogens with zero attached hydrogens (tertiary/aromatic N) is 6. The molecular formula is C18H23BrN8O. The van der Waals surface area contributed by atoms with Crippen LogP contribution in [0.1, 0.15) is 31.2 Å². The van der Waals surface area contributed by atoms with Gasteiger partial charge in [0.2, 0.25) is 5.95 Å². The molecule has 148 valence electrons. The van der Waals surface area contributed by atoms with Crippen molar-refractivity contribution in [1.82, 2.24) is 24.6 Å². The van der Waals surface area contributed by atoms with Gasteiger partial charge in [0, 0.05) is 49.8 Å². The van der Waals surface area contributed by atoms with Gasteiger partial charge >= 0.3 is 0 Å². The van der Waals surface area contributed by atoms with Crippen molar-refractivity contribution in [1.29, 1.82) is 0 Å². The fourth-order valence-electron chi connectivity index (χ4n) is 3.60. The molecule has 0 radical (unpaired) electrons. The molecule has 0 bridgehead atoms. The molecule has 4 N–H and O–H groups in total. The van der Waals surface area contributed by atoms with Gasteiger partial charge in [-0.2, -0.15) is 9.61 Å². The number of hydrogen-bond donors (Lipinski definition) is 3. The number of aliphatic hydroxyl groups excluding tert-OH is 1. The van der Waals surface area contributed by atoms with Crippen molar-refractivity contribution in [3.63, 3.8) is 0 Å². The Balaban J connectivity index is 1.66. The highest BCUT2D eigenvalue weighted by Gasteiger charge is 2.24. The van der Waals surface area contributed by atoms with E-state index < -0.39 is 0 Å². The Morgan fingerprint density at radius 1 is 1.25 bits per heavy atom. The molecule has 4 heterocycles. The number of rotatable bonds is 6. The molecule has 9 nitrogen and oxygen atoms in total. The third kappa shape index (κ3) is 3.88. The fourth-order valence-corrected chi connectivity index (χ4v) is 3.94. The van der Waals surface area contributed by atoms with E-state index in [1.165, 1.54) is 6.42 Å². The summed E-state index contributed by atoms with van der Waals surface area (Å²) in [4.78, 5) is 15.2. The number of hydrogen-bond acceptors (Lipinski definition) is 8. The van der Waals surface area contributed by atoms with Gasteiger partial charge in [-0.25, -0.2) is 15.0 Å². The number of fused-ring (bicyclic) bond motifs is 1. The average molecular weight is 447 g/mol. The zero-order valence-electron chi connectivity index (χ0n) is 15.4. The second kappa shape index (κ2) is 8.27. The summed E-state index contributed by atoms with van der Waals surface area (Å²) in [6.07, 6.45) is 9.27. The Hall–Kier alpha value is -2.46. The van der Waals surface area contributed by atoms with Crippen LogP contribution in [0.4, 0.5) is 17.6 Å². The van der Waals surface area contributed by atoms with Crippen molar-refractivity contribution in [3.8, 4) is 0 Å². The van der Waals surface area contributed by atoms with Crippen LogP contribution in [0.5, 0.6) is 0 Å². The normalized spacial score (nSPS) is 17.2. The lowest BCUT2D eigenvalue weighted by Gasteiger charge is -2.36. The van der Waals surface area contributed by atoms with E-state index in [9.17, 15) is 5.11 Å². The Morgan fingerprint density at radius 3 is 2.86 bits per heavy atom. The van der Waals surface area contributed by atoms with E-state index in [1.807, 2.05) is 6.07 Å². The molecule has 0 saturated carbocycles. The van der Waals surface area contributed by atoms with Crippen molar-refractivity contribution in [2.75, 3.05) is 29.1 Å². The van der Waals surface area contributed by atoms with Gasteiger partial charge in [0.05, 0.1) is 10.7 Å². The molecule has 0 spiro atoms. The Kier molecular flexibility index (Phi) is 5.58. The van der Waals surface area contributed by atoms with Gasteiger partial charge in [0.1, 0.15) is 11.6 Å². The Bertz CT molecular complexity index is 943. The van der Waals surface area contributed by atoms with Gasteiger partial charge in [-0.05, 0) is 41.6 Å². The van der Waals surface area contributed by atoms with Crippen molar-refractivity contribution in [2.24, 2.45) is 0 Å². The molecule has 0 aromatic carbocycles. The highest BCUT2D eigenvalue weighted by molar-refractivity contribution is 9.10. The smallest absolute Gasteiger partial charge is 0.219 e. The van der Waals surface area contributed by atoms with E-state index in [2.05, 4.69) is 41.2 Å². The zero-order chi connectivity index (χ0) is 19.5. The summed E-state index contributed by atoms with van der Waals surface area (Å²) in [5.41, 5.74) is 7.23. The third-order valence-electron chi connectivity index (χ3n) is 5.00. The minimum atomic E-state index is 0.183. The van der Waals surface area contributed by atoms with Crippen LogP contribution in [0.15, 0.2) is 29.1 Å². The molecular weight excluding hydrogens is 424 g/mol. The Morgan fingerprint density at radius 2 is 2.07 bits per heavy atom. The summed E-state index contributed by atoms with van der Waals surface area (Å²) in [5, 5.41) is 17.3. The van der Waals surface area contributed by atoms with Crippen LogP contribution in [-0.2, 0) is 6.54 Å². The number of aromatic nitrogens is 5. The number of halogens is 1. The number of piperidine rings is 1. The van der Waals surface area contributed by atoms with E-state index in [0.717, 1.165) is 53.1 Å². The minimum Gasteiger partial charge on any atom is -0.396 e. The van der Waals surface area contributed by atoms with E-state index in [1.54, 1.807) is 23.1 Å². The zero-order valence-corrected chi connectivity index (χ0v) is 17.0. The fraction of sp³-hybridized carbons (Fsp3) is 0.444. The van der Waals surface area contributed by atoms with E-state index in [0.29, 0.717) is 12.6 Å². The largest absolute Gasteiger partial charge is 0.396 e. The maximum Gasteiger partial charge on any atom is 0.219 e. The lowest BCUT2D eigenvalue weighted by Crippen LogP contribution is -2.40. The first-order valence-corrected chi connectivity index (χ1v) is 10.2. The van der Waals surface area contributed by atoms with Crippen LogP contribution in [0, 0.1) is 0 Å². The summed E-state index contributed by atoms with van der Waals surface area (Å²) in [5.74, 6) is 1.98. The molecule has 3 aromatic heterocycles. The first-order chi connectivity index (χ1) is 13.7. The highest BCUT2D eigenvalue weighted by Crippen LogP contribution is 2.29.